The Hall–Kier alpha value is -4.30. The van der Waals surface area contributed by atoms with Crippen molar-refractivity contribution in [3.8, 4) is 5.75 Å². The molecule has 2 fully saturated rings. The Morgan fingerprint density at radius 2 is 1.73 bits per heavy atom. The number of nitrogens with zero attached hydrogens (tertiary/aromatic N) is 4. The van der Waals surface area contributed by atoms with Crippen LogP contribution >= 0.6 is 0 Å². The summed E-state index contributed by atoms with van der Waals surface area (Å²) in [4.78, 5) is 43.8. The number of hydrogen-bond donors (Lipinski definition) is 2. The molecule has 1 saturated heterocycles. The second kappa shape index (κ2) is 10.6. The van der Waals surface area contributed by atoms with Gasteiger partial charge in [-0.1, -0.05) is 12.1 Å². The Balaban J connectivity index is 1.41. The lowest BCUT2D eigenvalue weighted by atomic mass is 9.67. The SMILES string of the molecule is O=C(Nc1ccc2c(cnn2C(=O)O)n1)[C@H]1C[C@@H](F)CN1C(=O)C1(c2ccc(OC(F)F)cc2)CCC(F)(F)CC1. The summed E-state index contributed by atoms with van der Waals surface area (Å²) < 4.78 is 73.3. The van der Waals surface area contributed by atoms with Crippen molar-refractivity contribution >= 4 is 34.8 Å². The largest absolute Gasteiger partial charge is 0.463 e. The monoisotopic (exact) mass is 581 g/mol. The number of carboxylic acid groups (broad SMARTS) is 1. The summed E-state index contributed by atoms with van der Waals surface area (Å²) in [6, 6.07) is 6.47. The molecular weight excluding hydrogens is 557 g/mol. The molecule has 15 heteroatoms. The van der Waals surface area contributed by atoms with Crippen molar-refractivity contribution in [1.82, 2.24) is 19.7 Å². The summed E-state index contributed by atoms with van der Waals surface area (Å²) in [5.74, 6) is -4.70. The van der Waals surface area contributed by atoms with Gasteiger partial charge < -0.3 is 20.1 Å². The Kier molecular flexibility index (Phi) is 7.30. The van der Waals surface area contributed by atoms with E-state index in [1.54, 1.807) is 0 Å². The third-order valence-electron chi connectivity index (χ3n) is 7.55. The van der Waals surface area contributed by atoms with Crippen LogP contribution in [0, 0.1) is 0 Å². The molecule has 2 aliphatic rings. The number of alkyl halides is 5. The van der Waals surface area contributed by atoms with Crippen LogP contribution in [0.25, 0.3) is 11.0 Å². The van der Waals surface area contributed by atoms with E-state index in [0.717, 1.165) is 4.90 Å². The third kappa shape index (κ3) is 5.52. The maximum atomic E-state index is 14.7. The molecule has 0 bridgehead atoms. The number of likely N-dealkylation sites (tertiary alicyclic amines) is 1. The average molecular weight is 581 g/mol. The number of aromatic nitrogens is 3. The van der Waals surface area contributed by atoms with Crippen LogP contribution in [0.5, 0.6) is 5.75 Å². The Labute approximate surface area is 229 Å². The number of carbonyl (C=O) groups excluding carboxylic acids is 2. The highest BCUT2D eigenvalue weighted by Gasteiger charge is 2.53. The van der Waals surface area contributed by atoms with Crippen LogP contribution in [0.4, 0.5) is 32.6 Å². The topological polar surface area (TPSA) is 127 Å². The van der Waals surface area contributed by atoms with Crippen LogP contribution in [-0.4, -0.2) is 74.0 Å². The van der Waals surface area contributed by atoms with Crippen LogP contribution in [-0.2, 0) is 15.0 Å². The minimum Gasteiger partial charge on any atom is -0.463 e. The van der Waals surface area contributed by atoms with E-state index < -0.39 is 67.5 Å². The molecule has 2 atom stereocenters. The van der Waals surface area contributed by atoms with Gasteiger partial charge in [-0.15, -0.1) is 0 Å². The number of nitrogens with one attached hydrogen (secondary N) is 1. The quantitative estimate of drug-likeness (QED) is 0.408. The fourth-order valence-electron chi connectivity index (χ4n) is 5.50. The van der Waals surface area contributed by atoms with Gasteiger partial charge in [0.05, 0.1) is 23.7 Å². The predicted molar refractivity (Wildman–Crippen MR) is 133 cm³/mol. The minimum absolute atomic E-state index is 0.00351. The second-order valence-corrected chi connectivity index (χ2v) is 10.1. The van der Waals surface area contributed by atoms with Gasteiger partial charge in [-0.2, -0.15) is 18.6 Å². The molecule has 1 aromatic carbocycles. The van der Waals surface area contributed by atoms with Gasteiger partial charge in [0.1, 0.15) is 29.3 Å². The molecule has 2 N–H and O–H groups in total. The maximum Gasteiger partial charge on any atom is 0.432 e. The van der Waals surface area contributed by atoms with Crippen molar-refractivity contribution in [3.05, 3.63) is 48.2 Å². The van der Waals surface area contributed by atoms with Gasteiger partial charge in [0.2, 0.25) is 17.7 Å². The minimum atomic E-state index is -3.08. The summed E-state index contributed by atoms with van der Waals surface area (Å²) in [6.07, 6.45) is -3.94. The Morgan fingerprint density at radius 3 is 2.37 bits per heavy atom. The first-order valence-electron chi connectivity index (χ1n) is 12.7. The molecule has 2 amide bonds. The van der Waals surface area contributed by atoms with Crippen molar-refractivity contribution in [3.63, 3.8) is 0 Å². The van der Waals surface area contributed by atoms with E-state index in [9.17, 15) is 41.4 Å². The zero-order chi connectivity index (χ0) is 29.5. The van der Waals surface area contributed by atoms with Crippen molar-refractivity contribution in [2.45, 2.75) is 62.3 Å². The lowest BCUT2D eigenvalue weighted by molar-refractivity contribution is -0.146. The van der Waals surface area contributed by atoms with E-state index in [1.165, 1.54) is 42.6 Å². The Morgan fingerprint density at radius 1 is 1.05 bits per heavy atom. The molecule has 0 radical (unpaired) electrons. The highest BCUT2D eigenvalue weighted by Crippen LogP contribution is 2.47. The van der Waals surface area contributed by atoms with Crippen LogP contribution in [0.1, 0.15) is 37.7 Å². The van der Waals surface area contributed by atoms with Gasteiger partial charge in [0, 0.05) is 19.3 Å². The van der Waals surface area contributed by atoms with Crippen molar-refractivity contribution < 1.29 is 46.2 Å². The fourth-order valence-corrected chi connectivity index (χ4v) is 5.50. The molecule has 5 rings (SSSR count). The first-order chi connectivity index (χ1) is 19.4. The van der Waals surface area contributed by atoms with E-state index in [0.29, 0.717) is 4.68 Å². The number of carbonyl (C=O) groups is 3. The molecule has 2 aromatic heterocycles. The van der Waals surface area contributed by atoms with Crippen molar-refractivity contribution in [2.75, 3.05) is 11.9 Å². The molecule has 41 heavy (non-hydrogen) atoms. The van der Waals surface area contributed by atoms with E-state index in [1.807, 2.05) is 0 Å². The normalized spacial score (nSPS) is 21.7. The third-order valence-corrected chi connectivity index (χ3v) is 7.55. The lowest BCUT2D eigenvalue weighted by Crippen LogP contribution is -2.54. The number of ether oxygens (including phenoxy) is 1. The summed E-state index contributed by atoms with van der Waals surface area (Å²) in [5, 5.41) is 15.4. The summed E-state index contributed by atoms with van der Waals surface area (Å²) in [7, 11) is 0. The van der Waals surface area contributed by atoms with Crippen LogP contribution < -0.4 is 10.1 Å². The van der Waals surface area contributed by atoms with Gasteiger partial charge in [-0.05, 0) is 42.7 Å². The number of benzene rings is 1. The predicted octanol–water partition coefficient (Wildman–Crippen LogP) is 4.58. The highest BCUT2D eigenvalue weighted by molar-refractivity contribution is 5.99. The second-order valence-electron chi connectivity index (χ2n) is 10.1. The van der Waals surface area contributed by atoms with E-state index >= 15 is 0 Å². The number of fused-ring (bicyclic) bond motifs is 1. The number of anilines is 1. The fraction of sp³-hybridized carbons (Fsp3) is 0.423. The van der Waals surface area contributed by atoms with Gasteiger partial charge in [-0.3, -0.25) is 9.59 Å². The van der Waals surface area contributed by atoms with Crippen molar-refractivity contribution in [2.24, 2.45) is 0 Å². The molecule has 3 heterocycles. The molecule has 1 aliphatic heterocycles. The molecule has 0 spiro atoms. The molecule has 10 nitrogen and oxygen atoms in total. The van der Waals surface area contributed by atoms with Crippen LogP contribution in [0.3, 0.4) is 0 Å². The van der Waals surface area contributed by atoms with Crippen LogP contribution in [0.2, 0.25) is 0 Å². The standard InChI is InChI=1S/C26H24F5N5O5/c27-15-11-19(21(37)34-20-6-5-18-17(33-20)12-32-36(18)24(39)40)35(13-15)22(38)25(7-9-26(30,31)10-8-25)14-1-3-16(4-2-14)41-23(28)29/h1-6,12,15,19,23H,7-11,13H2,(H,39,40)(H,33,34,37)/t15-,19-/m1/s1. The van der Waals surface area contributed by atoms with E-state index in [-0.39, 0.29) is 47.4 Å². The first-order valence-corrected chi connectivity index (χ1v) is 12.7. The molecule has 3 aromatic rings. The summed E-state index contributed by atoms with van der Waals surface area (Å²) in [6.45, 7) is -3.53. The number of amides is 2. The Bertz CT molecular complexity index is 1470. The van der Waals surface area contributed by atoms with E-state index in [2.05, 4.69) is 20.1 Å². The number of pyridine rings is 1. The molecule has 218 valence electrons. The van der Waals surface area contributed by atoms with Gasteiger partial charge in [0.15, 0.2) is 0 Å². The summed E-state index contributed by atoms with van der Waals surface area (Å²) >= 11 is 0. The molecule has 1 aliphatic carbocycles. The number of halogens is 5. The van der Waals surface area contributed by atoms with Crippen LogP contribution in [0.15, 0.2) is 42.6 Å². The smallest absolute Gasteiger partial charge is 0.432 e. The first kappa shape index (κ1) is 28.2. The highest BCUT2D eigenvalue weighted by atomic mass is 19.3. The van der Waals surface area contributed by atoms with Gasteiger partial charge in [0.25, 0.3) is 0 Å². The average Bonchev–Trinajstić information content (AvgIpc) is 3.52. The molecule has 1 saturated carbocycles. The molecule has 0 unspecified atom stereocenters. The maximum absolute atomic E-state index is 14.7. The summed E-state index contributed by atoms with van der Waals surface area (Å²) in [5.41, 5.74) is -0.952. The van der Waals surface area contributed by atoms with Gasteiger partial charge in [-0.25, -0.2) is 22.9 Å². The van der Waals surface area contributed by atoms with E-state index in [4.69, 9.17) is 0 Å². The number of rotatable bonds is 6. The number of hydrogen-bond acceptors (Lipinski definition) is 6. The lowest BCUT2D eigenvalue weighted by Gasteiger charge is -2.42. The van der Waals surface area contributed by atoms with Gasteiger partial charge >= 0.3 is 12.7 Å². The zero-order valence-corrected chi connectivity index (χ0v) is 21.3. The van der Waals surface area contributed by atoms with Crippen molar-refractivity contribution in [1.29, 1.82) is 0 Å². The molecular formula is C26H24F5N5O5. The zero-order valence-electron chi connectivity index (χ0n) is 21.3.